The summed E-state index contributed by atoms with van der Waals surface area (Å²) in [5, 5.41) is 3.49. The van der Waals surface area contributed by atoms with Gasteiger partial charge in [-0.05, 0) is 29.8 Å². The van der Waals surface area contributed by atoms with Crippen LogP contribution < -0.4 is 14.8 Å². The first-order valence-corrected chi connectivity index (χ1v) is 8.69. The predicted octanol–water partition coefficient (Wildman–Crippen LogP) is 4.66. The summed E-state index contributed by atoms with van der Waals surface area (Å²) < 4.78 is 53.6. The minimum atomic E-state index is -4.73. The highest BCUT2D eigenvalue weighted by Gasteiger charge is 2.49. The number of para-hydroxylation sites is 1. The van der Waals surface area contributed by atoms with Gasteiger partial charge in [0, 0.05) is 29.7 Å². The second-order valence-electron chi connectivity index (χ2n) is 7.18. The lowest BCUT2D eigenvalue weighted by molar-refractivity contribution is -0.274. The van der Waals surface area contributed by atoms with E-state index in [1.165, 1.54) is 12.1 Å². The summed E-state index contributed by atoms with van der Waals surface area (Å²) in [5.41, 5.74) is 2.01. The molecule has 4 nitrogen and oxygen atoms in total. The summed E-state index contributed by atoms with van der Waals surface area (Å²) >= 11 is 0. The average molecular weight is 379 g/mol. The van der Waals surface area contributed by atoms with Gasteiger partial charge in [0.15, 0.2) is 0 Å². The number of alkyl halides is 3. The number of rotatable bonds is 3. The molecule has 7 heteroatoms. The molecule has 27 heavy (non-hydrogen) atoms. The molecule has 0 aromatic heterocycles. The number of benzene rings is 2. The van der Waals surface area contributed by atoms with Crippen LogP contribution in [0.2, 0.25) is 0 Å². The number of methoxy groups -OCH3 is 1. The van der Waals surface area contributed by atoms with Gasteiger partial charge in [-0.15, -0.1) is 13.2 Å². The lowest BCUT2D eigenvalue weighted by atomic mass is 9.64. The molecule has 1 unspecified atom stereocenters. The van der Waals surface area contributed by atoms with E-state index in [0.717, 1.165) is 22.6 Å². The maximum absolute atomic E-state index is 12.7. The molecule has 0 saturated heterocycles. The molecule has 2 aromatic rings. The van der Waals surface area contributed by atoms with Crippen LogP contribution in [-0.2, 0) is 10.2 Å². The van der Waals surface area contributed by atoms with E-state index in [1.807, 2.05) is 31.2 Å². The van der Waals surface area contributed by atoms with Gasteiger partial charge in [0.2, 0.25) is 0 Å². The van der Waals surface area contributed by atoms with Gasteiger partial charge in [-0.3, -0.25) is 0 Å². The van der Waals surface area contributed by atoms with E-state index in [-0.39, 0.29) is 17.7 Å². The van der Waals surface area contributed by atoms with Crippen LogP contribution >= 0.6 is 0 Å². The van der Waals surface area contributed by atoms with E-state index in [0.29, 0.717) is 13.2 Å². The Labute approximate surface area is 155 Å². The number of anilines is 1. The van der Waals surface area contributed by atoms with Crippen molar-refractivity contribution in [1.82, 2.24) is 0 Å². The first kappa shape index (κ1) is 18.0. The van der Waals surface area contributed by atoms with Gasteiger partial charge in [0.1, 0.15) is 11.5 Å². The van der Waals surface area contributed by atoms with Gasteiger partial charge in [-0.1, -0.05) is 25.1 Å². The van der Waals surface area contributed by atoms with Crippen molar-refractivity contribution < 1.29 is 27.4 Å². The number of nitrogens with one attached hydrogen (secondary N) is 1. The van der Waals surface area contributed by atoms with E-state index in [1.54, 1.807) is 13.2 Å². The number of fused-ring (bicyclic) bond motifs is 4. The molecular weight excluding hydrogens is 359 g/mol. The maximum atomic E-state index is 12.7. The van der Waals surface area contributed by atoms with Crippen molar-refractivity contribution in [2.24, 2.45) is 5.92 Å². The Hall–Kier alpha value is -2.41. The van der Waals surface area contributed by atoms with Crippen molar-refractivity contribution in [3.63, 3.8) is 0 Å². The zero-order chi connectivity index (χ0) is 19.2. The Kier molecular flexibility index (Phi) is 4.22. The zero-order valence-electron chi connectivity index (χ0n) is 15.0. The number of hydrogen-bond acceptors (Lipinski definition) is 4. The largest absolute Gasteiger partial charge is 0.573 e. The smallest absolute Gasteiger partial charge is 0.493 e. The van der Waals surface area contributed by atoms with Crippen molar-refractivity contribution in [1.29, 1.82) is 0 Å². The second-order valence-corrected chi connectivity index (χ2v) is 7.18. The number of halogens is 3. The van der Waals surface area contributed by atoms with E-state index in [2.05, 4.69) is 10.1 Å². The molecule has 0 radical (unpaired) electrons. The Balaban J connectivity index is 1.80. The lowest BCUT2D eigenvalue weighted by Crippen LogP contribution is -2.50. The molecule has 2 aliphatic heterocycles. The average Bonchev–Trinajstić information content (AvgIpc) is 2.61. The van der Waals surface area contributed by atoms with Crippen molar-refractivity contribution in [2.75, 3.05) is 25.6 Å². The highest BCUT2D eigenvalue weighted by molar-refractivity contribution is 5.63. The Bertz CT molecular complexity index is 855. The highest BCUT2D eigenvalue weighted by atomic mass is 19.4. The van der Waals surface area contributed by atoms with Crippen LogP contribution in [0, 0.1) is 5.92 Å². The molecule has 3 atom stereocenters. The number of hydrogen-bond donors (Lipinski definition) is 1. The molecule has 0 amide bonds. The zero-order valence-corrected chi connectivity index (χ0v) is 15.0. The number of ether oxygens (including phenoxy) is 3. The molecule has 144 valence electrons. The van der Waals surface area contributed by atoms with Crippen molar-refractivity contribution in [3.05, 3.63) is 53.6 Å². The molecular formula is C20H20F3NO3. The molecule has 0 fully saturated rings. The lowest BCUT2D eigenvalue weighted by Gasteiger charge is -2.49. The van der Waals surface area contributed by atoms with Gasteiger partial charge in [-0.2, -0.15) is 0 Å². The predicted molar refractivity (Wildman–Crippen MR) is 94.1 cm³/mol. The van der Waals surface area contributed by atoms with E-state index >= 15 is 0 Å². The van der Waals surface area contributed by atoms with Crippen LogP contribution in [0.4, 0.5) is 18.9 Å². The molecule has 1 N–H and O–H groups in total. The fourth-order valence-electron chi connectivity index (χ4n) is 4.26. The summed E-state index contributed by atoms with van der Waals surface area (Å²) in [7, 11) is 1.59. The van der Waals surface area contributed by atoms with Crippen molar-refractivity contribution >= 4 is 5.69 Å². The topological polar surface area (TPSA) is 39.7 Å². The quantitative estimate of drug-likeness (QED) is 0.842. The summed E-state index contributed by atoms with van der Waals surface area (Å²) in [6.45, 7) is 2.80. The van der Waals surface area contributed by atoms with Gasteiger partial charge in [0.25, 0.3) is 0 Å². The fraction of sp³-hybridized carbons (Fsp3) is 0.400. The third-order valence-electron chi connectivity index (χ3n) is 5.49. The van der Waals surface area contributed by atoms with Crippen LogP contribution in [0.5, 0.6) is 11.5 Å². The first-order chi connectivity index (χ1) is 12.8. The first-order valence-electron chi connectivity index (χ1n) is 8.69. The van der Waals surface area contributed by atoms with Gasteiger partial charge in [0.05, 0.1) is 19.3 Å². The van der Waals surface area contributed by atoms with Gasteiger partial charge >= 0.3 is 6.36 Å². The molecule has 2 aliphatic rings. The molecule has 4 rings (SSSR count). The second kappa shape index (κ2) is 6.34. The summed E-state index contributed by atoms with van der Waals surface area (Å²) in [6, 6.07) is 12.2. The Morgan fingerprint density at radius 2 is 2.00 bits per heavy atom. The van der Waals surface area contributed by atoms with Gasteiger partial charge < -0.3 is 19.5 Å². The van der Waals surface area contributed by atoms with Crippen LogP contribution in [0.15, 0.2) is 42.5 Å². The Morgan fingerprint density at radius 3 is 2.74 bits per heavy atom. The van der Waals surface area contributed by atoms with Crippen molar-refractivity contribution in [2.45, 2.75) is 24.7 Å². The maximum Gasteiger partial charge on any atom is 0.573 e. The minimum Gasteiger partial charge on any atom is -0.493 e. The third-order valence-corrected chi connectivity index (χ3v) is 5.49. The van der Waals surface area contributed by atoms with Crippen molar-refractivity contribution in [3.8, 4) is 11.5 Å². The normalized spacial score (nSPS) is 26.1. The van der Waals surface area contributed by atoms with E-state index < -0.39 is 11.8 Å². The van der Waals surface area contributed by atoms with Crippen LogP contribution in [0.1, 0.15) is 24.1 Å². The van der Waals surface area contributed by atoms with Crippen LogP contribution in [-0.4, -0.2) is 26.7 Å². The molecule has 0 spiro atoms. The van der Waals surface area contributed by atoms with E-state index in [4.69, 9.17) is 9.47 Å². The monoisotopic (exact) mass is 379 g/mol. The Morgan fingerprint density at radius 1 is 1.22 bits per heavy atom. The molecule has 2 aromatic carbocycles. The molecule has 0 saturated carbocycles. The standard InChI is InChI=1S/C20H20F3NO3/c1-19(11-25-2)14-9-12(27-20(21,22)23)7-8-16(14)24-18-13-5-3-4-6-17(13)26-10-15(18)19/h3-9,15,18,24H,10-11H2,1-2H3/t15-,18+,19?/m0/s1. The van der Waals surface area contributed by atoms with Crippen LogP contribution in [0.25, 0.3) is 0 Å². The third kappa shape index (κ3) is 3.10. The molecule has 0 aliphatic carbocycles. The van der Waals surface area contributed by atoms with Crippen LogP contribution in [0.3, 0.4) is 0 Å². The van der Waals surface area contributed by atoms with Gasteiger partial charge in [-0.25, -0.2) is 0 Å². The summed E-state index contributed by atoms with van der Waals surface area (Å²) in [5.74, 6) is 0.577. The molecule has 0 bridgehead atoms. The SMILES string of the molecule is COCC1(C)c2cc(OC(F)(F)F)ccc2N[C@@H]2c3ccccc3OC[C@@H]21. The summed E-state index contributed by atoms with van der Waals surface area (Å²) in [6.07, 6.45) is -4.73. The summed E-state index contributed by atoms with van der Waals surface area (Å²) in [4.78, 5) is 0. The minimum absolute atomic E-state index is 0.0130. The fourth-order valence-corrected chi connectivity index (χ4v) is 4.26. The molecule has 2 heterocycles. The van der Waals surface area contributed by atoms with E-state index in [9.17, 15) is 13.2 Å². The highest BCUT2D eigenvalue weighted by Crippen LogP contribution is 2.53.